The summed E-state index contributed by atoms with van der Waals surface area (Å²) in [5, 5.41) is 11.4. The molecule has 1 aromatic carbocycles. The van der Waals surface area contributed by atoms with E-state index < -0.39 is 0 Å². The Labute approximate surface area is 165 Å². The fourth-order valence-corrected chi connectivity index (χ4v) is 3.82. The Balaban J connectivity index is 1.23. The number of piperidine rings is 1. The molecule has 1 saturated heterocycles. The van der Waals surface area contributed by atoms with Crippen molar-refractivity contribution in [1.29, 1.82) is 0 Å². The standard InChI is InChI=1S/C21H27N5O2/c1-2-17-14-20(28-24-17)15-25-12-8-16(9-13-25)21(27)23-18-4-6-19(7-5-18)26-11-3-10-22-26/h3-7,10-11,16,20H,2,8-9,12-15H2,1H3,(H,23,27). The van der Waals surface area contributed by atoms with Crippen molar-refractivity contribution in [1.82, 2.24) is 14.7 Å². The molecule has 1 atom stereocenters. The first kappa shape index (κ1) is 18.7. The van der Waals surface area contributed by atoms with Gasteiger partial charge in [-0.15, -0.1) is 0 Å². The monoisotopic (exact) mass is 381 g/mol. The zero-order valence-electron chi connectivity index (χ0n) is 16.3. The molecule has 0 spiro atoms. The smallest absolute Gasteiger partial charge is 0.227 e. The second kappa shape index (κ2) is 8.56. The average Bonchev–Trinajstić information content (AvgIpc) is 3.41. The number of likely N-dealkylation sites (tertiary alicyclic amines) is 1. The Bertz CT molecular complexity index is 808. The summed E-state index contributed by atoms with van der Waals surface area (Å²) < 4.78 is 1.80. The molecule has 2 aliphatic heterocycles. The van der Waals surface area contributed by atoms with Crippen LogP contribution in [0.2, 0.25) is 0 Å². The average molecular weight is 381 g/mol. The van der Waals surface area contributed by atoms with Crippen LogP contribution in [0.5, 0.6) is 0 Å². The maximum Gasteiger partial charge on any atom is 0.227 e. The second-order valence-corrected chi connectivity index (χ2v) is 7.50. The van der Waals surface area contributed by atoms with Gasteiger partial charge in [0, 0.05) is 37.0 Å². The molecule has 4 rings (SSSR count). The highest BCUT2D eigenvalue weighted by molar-refractivity contribution is 5.92. The molecule has 1 aromatic heterocycles. The van der Waals surface area contributed by atoms with E-state index in [-0.39, 0.29) is 17.9 Å². The highest BCUT2D eigenvalue weighted by Gasteiger charge is 2.28. The first-order valence-electron chi connectivity index (χ1n) is 10.1. The predicted molar refractivity (Wildman–Crippen MR) is 109 cm³/mol. The van der Waals surface area contributed by atoms with Crippen molar-refractivity contribution in [3.63, 3.8) is 0 Å². The minimum atomic E-state index is 0.0639. The molecule has 1 amide bonds. The number of benzene rings is 1. The fourth-order valence-electron chi connectivity index (χ4n) is 3.82. The quantitative estimate of drug-likeness (QED) is 0.835. The zero-order valence-corrected chi connectivity index (χ0v) is 16.3. The molecule has 28 heavy (non-hydrogen) atoms. The number of hydrogen-bond donors (Lipinski definition) is 1. The number of oxime groups is 1. The number of anilines is 1. The Morgan fingerprint density at radius 3 is 2.68 bits per heavy atom. The van der Waals surface area contributed by atoms with Gasteiger partial charge in [-0.2, -0.15) is 5.10 Å². The summed E-state index contributed by atoms with van der Waals surface area (Å²) in [4.78, 5) is 20.5. The molecule has 0 bridgehead atoms. The topological polar surface area (TPSA) is 71.8 Å². The minimum absolute atomic E-state index is 0.0639. The molecular weight excluding hydrogens is 354 g/mol. The number of aromatic nitrogens is 2. The van der Waals surface area contributed by atoms with Gasteiger partial charge in [0.25, 0.3) is 0 Å². The van der Waals surface area contributed by atoms with Gasteiger partial charge in [0.1, 0.15) is 6.10 Å². The number of hydrogen-bond acceptors (Lipinski definition) is 5. The van der Waals surface area contributed by atoms with E-state index in [1.807, 2.05) is 36.5 Å². The van der Waals surface area contributed by atoms with Gasteiger partial charge < -0.3 is 10.2 Å². The first-order valence-corrected chi connectivity index (χ1v) is 10.1. The summed E-state index contributed by atoms with van der Waals surface area (Å²) in [5.41, 5.74) is 2.95. The third-order valence-corrected chi connectivity index (χ3v) is 5.53. The largest absolute Gasteiger partial charge is 0.391 e. The van der Waals surface area contributed by atoms with E-state index in [9.17, 15) is 4.79 Å². The lowest BCUT2D eigenvalue weighted by Gasteiger charge is -2.32. The molecule has 7 heteroatoms. The van der Waals surface area contributed by atoms with Crippen molar-refractivity contribution in [2.24, 2.45) is 11.1 Å². The van der Waals surface area contributed by atoms with Crippen LogP contribution in [0.4, 0.5) is 5.69 Å². The molecule has 0 saturated carbocycles. The Hall–Kier alpha value is -2.67. The number of carbonyl (C=O) groups excluding carboxylic acids is 1. The number of carbonyl (C=O) groups is 1. The predicted octanol–water partition coefficient (Wildman–Crippen LogP) is 3.08. The van der Waals surface area contributed by atoms with Crippen LogP contribution in [0.15, 0.2) is 47.9 Å². The van der Waals surface area contributed by atoms with Gasteiger partial charge in [0.2, 0.25) is 5.91 Å². The Morgan fingerprint density at radius 2 is 2.04 bits per heavy atom. The van der Waals surface area contributed by atoms with Crippen LogP contribution in [0.1, 0.15) is 32.6 Å². The van der Waals surface area contributed by atoms with Crippen LogP contribution >= 0.6 is 0 Å². The van der Waals surface area contributed by atoms with Gasteiger partial charge in [0.15, 0.2) is 0 Å². The van der Waals surface area contributed by atoms with Gasteiger partial charge in [0.05, 0.1) is 11.4 Å². The fraction of sp³-hybridized carbons (Fsp3) is 0.476. The van der Waals surface area contributed by atoms with E-state index in [2.05, 4.69) is 27.4 Å². The van der Waals surface area contributed by atoms with Crippen LogP contribution in [0.3, 0.4) is 0 Å². The summed E-state index contributed by atoms with van der Waals surface area (Å²) in [6.45, 7) is 4.87. The van der Waals surface area contributed by atoms with Crippen LogP contribution in [-0.4, -0.2) is 52.0 Å². The maximum absolute atomic E-state index is 12.6. The third kappa shape index (κ3) is 4.42. The van der Waals surface area contributed by atoms with E-state index in [1.165, 1.54) is 0 Å². The molecule has 3 heterocycles. The lowest BCUT2D eigenvalue weighted by atomic mass is 9.95. The van der Waals surface area contributed by atoms with Gasteiger partial charge in [-0.3, -0.25) is 9.69 Å². The highest BCUT2D eigenvalue weighted by Crippen LogP contribution is 2.22. The molecule has 2 aliphatic rings. The van der Waals surface area contributed by atoms with Crippen molar-refractivity contribution >= 4 is 17.3 Å². The number of rotatable bonds is 6. The minimum Gasteiger partial charge on any atom is -0.391 e. The van der Waals surface area contributed by atoms with Crippen molar-refractivity contribution in [2.45, 2.75) is 38.7 Å². The van der Waals surface area contributed by atoms with Gasteiger partial charge in [-0.1, -0.05) is 12.1 Å². The lowest BCUT2D eigenvalue weighted by molar-refractivity contribution is -0.121. The molecule has 7 nitrogen and oxygen atoms in total. The van der Waals surface area contributed by atoms with E-state index in [1.54, 1.807) is 10.9 Å². The van der Waals surface area contributed by atoms with Gasteiger partial charge >= 0.3 is 0 Å². The number of nitrogens with one attached hydrogen (secondary N) is 1. The number of nitrogens with zero attached hydrogens (tertiary/aromatic N) is 4. The van der Waals surface area contributed by atoms with E-state index in [0.29, 0.717) is 0 Å². The summed E-state index contributed by atoms with van der Waals surface area (Å²) in [5.74, 6) is 0.175. The lowest BCUT2D eigenvalue weighted by Crippen LogP contribution is -2.41. The third-order valence-electron chi connectivity index (χ3n) is 5.53. The van der Waals surface area contributed by atoms with E-state index in [0.717, 1.165) is 62.4 Å². The SMILES string of the molecule is CCC1=NOC(CN2CCC(C(=O)Nc3ccc(-n4cccn4)cc3)CC2)C1. The second-order valence-electron chi connectivity index (χ2n) is 7.50. The maximum atomic E-state index is 12.6. The van der Waals surface area contributed by atoms with Gasteiger partial charge in [-0.05, 0) is 62.7 Å². The van der Waals surface area contributed by atoms with Crippen molar-refractivity contribution < 1.29 is 9.63 Å². The molecule has 1 unspecified atom stereocenters. The summed E-state index contributed by atoms with van der Waals surface area (Å²) in [6, 6.07) is 9.65. The Kier molecular flexibility index (Phi) is 5.71. The molecule has 0 aliphatic carbocycles. The summed E-state index contributed by atoms with van der Waals surface area (Å²) >= 11 is 0. The Morgan fingerprint density at radius 1 is 1.25 bits per heavy atom. The summed E-state index contributed by atoms with van der Waals surface area (Å²) in [6.07, 6.45) is 7.47. The van der Waals surface area contributed by atoms with Gasteiger partial charge in [-0.25, -0.2) is 4.68 Å². The molecule has 2 aromatic rings. The normalized spacial score (nSPS) is 20.6. The number of amides is 1. The molecule has 1 fully saturated rings. The van der Waals surface area contributed by atoms with Crippen LogP contribution in [-0.2, 0) is 9.63 Å². The molecule has 1 N–H and O–H groups in total. The molecule has 148 valence electrons. The van der Waals surface area contributed by atoms with E-state index in [4.69, 9.17) is 4.84 Å². The molecule has 0 radical (unpaired) electrons. The first-order chi connectivity index (χ1) is 13.7. The summed E-state index contributed by atoms with van der Waals surface area (Å²) in [7, 11) is 0. The van der Waals surface area contributed by atoms with Crippen molar-refractivity contribution in [3.05, 3.63) is 42.7 Å². The van der Waals surface area contributed by atoms with Crippen LogP contribution < -0.4 is 5.32 Å². The van der Waals surface area contributed by atoms with Crippen LogP contribution in [0, 0.1) is 5.92 Å². The van der Waals surface area contributed by atoms with Crippen LogP contribution in [0.25, 0.3) is 5.69 Å². The van der Waals surface area contributed by atoms with E-state index >= 15 is 0 Å². The molecular formula is C21H27N5O2. The highest BCUT2D eigenvalue weighted by atomic mass is 16.6. The van der Waals surface area contributed by atoms with Crippen molar-refractivity contribution in [3.8, 4) is 5.69 Å². The van der Waals surface area contributed by atoms with Crippen molar-refractivity contribution in [2.75, 3.05) is 25.0 Å². The zero-order chi connectivity index (χ0) is 19.3.